The van der Waals surface area contributed by atoms with Crippen LogP contribution in [0.2, 0.25) is 0 Å². The van der Waals surface area contributed by atoms with E-state index in [2.05, 4.69) is 10.3 Å². The molecule has 0 saturated heterocycles. The topological polar surface area (TPSA) is 42.9 Å². The molecule has 0 fully saturated rings. The van der Waals surface area contributed by atoms with Crippen molar-refractivity contribution < 1.29 is 22.6 Å². The molecule has 0 radical (unpaired) electrons. The molecule has 166 valence electrons. The van der Waals surface area contributed by atoms with Gasteiger partial charge in [0.25, 0.3) is 0 Å². The normalized spacial score (nSPS) is 17.8. The van der Waals surface area contributed by atoms with Crippen LogP contribution in [-0.4, -0.2) is 18.6 Å². The number of fused-ring (bicyclic) bond motifs is 1. The van der Waals surface area contributed by atoms with Crippen molar-refractivity contribution in [3.63, 3.8) is 0 Å². The highest BCUT2D eigenvalue weighted by Crippen LogP contribution is 2.48. The molecule has 3 aromatic carbocycles. The lowest BCUT2D eigenvalue weighted by molar-refractivity contribution is -0.252. The van der Waals surface area contributed by atoms with Crippen LogP contribution in [-0.2, 0) is 5.72 Å². The van der Waals surface area contributed by atoms with Gasteiger partial charge in [-0.1, -0.05) is 47.5 Å². The van der Waals surface area contributed by atoms with Gasteiger partial charge >= 0.3 is 11.9 Å². The second kappa shape index (κ2) is 8.22. The number of amidine groups is 1. The maximum absolute atomic E-state index is 14.6. The van der Waals surface area contributed by atoms with Gasteiger partial charge in [0, 0.05) is 17.3 Å². The van der Waals surface area contributed by atoms with Crippen molar-refractivity contribution in [3.05, 3.63) is 89.0 Å². The molecule has 0 unspecified atom stereocenters. The Bertz CT molecular complexity index is 1140. The van der Waals surface area contributed by atoms with Gasteiger partial charge in [-0.05, 0) is 45.0 Å². The van der Waals surface area contributed by atoms with E-state index in [9.17, 15) is 13.2 Å². The Morgan fingerprint density at radius 1 is 0.938 bits per heavy atom. The molecule has 7 heteroatoms. The maximum Gasteiger partial charge on any atom is 0.455 e. The van der Waals surface area contributed by atoms with Gasteiger partial charge in [-0.15, -0.1) is 0 Å². The maximum atomic E-state index is 14.6. The Morgan fingerprint density at radius 3 is 2.16 bits per heavy atom. The summed E-state index contributed by atoms with van der Waals surface area (Å²) in [6.45, 7) is 5.93. The molecule has 0 amide bonds. The molecule has 0 aliphatic carbocycles. The molecule has 32 heavy (non-hydrogen) atoms. The van der Waals surface area contributed by atoms with Crippen molar-refractivity contribution in [2.75, 3.05) is 11.9 Å². The molecule has 0 spiro atoms. The van der Waals surface area contributed by atoms with E-state index in [1.54, 1.807) is 43.3 Å². The van der Waals surface area contributed by atoms with E-state index in [0.29, 0.717) is 23.6 Å². The third kappa shape index (κ3) is 4.02. The van der Waals surface area contributed by atoms with Gasteiger partial charge < -0.3 is 14.8 Å². The predicted molar refractivity (Wildman–Crippen MR) is 118 cm³/mol. The van der Waals surface area contributed by atoms with E-state index in [1.165, 1.54) is 18.2 Å². The molecule has 0 saturated carbocycles. The van der Waals surface area contributed by atoms with Crippen LogP contribution in [0.5, 0.6) is 11.5 Å². The fourth-order valence-corrected chi connectivity index (χ4v) is 3.50. The third-order valence-electron chi connectivity index (χ3n) is 5.19. The van der Waals surface area contributed by atoms with Gasteiger partial charge in [0.1, 0.15) is 17.3 Å². The van der Waals surface area contributed by atoms with Gasteiger partial charge in [-0.25, -0.2) is 4.99 Å². The lowest BCUT2D eigenvalue weighted by Crippen LogP contribution is -2.49. The fourth-order valence-electron chi connectivity index (χ4n) is 3.50. The zero-order chi connectivity index (χ0) is 22.9. The van der Waals surface area contributed by atoms with Gasteiger partial charge in [0.15, 0.2) is 0 Å². The predicted octanol–water partition coefficient (Wildman–Crippen LogP) is 6.37. The SMILES string of the molecule is CCOc1ccc2c(c1)O[C@](c1ccc(C)cc1)(C(F)(F)F)N=C2Nc1ccc(C)cc1. The summed E-state index contributed by atoms with van der Waals surface area (Å²) in [5.41, 5.74) is -0.0901. The number of benzene rings is 3. The van der Waals surface area contributed by atoms with Crippen LogP contribution in [0, 0.1) is 13.8 Å². The van der Waals surface area contributed by atoms with Crippen molar-refractivity contribution in [3.8, 4) is 11.5 Å². The lowest BCUT2D eigenvalue weighted by atomic mass is 9.98. The number of hydrogen-bond donors (Lipinski definition) is 1. The second-order valence-corrected chi connectivity index (χ2v) is 7.65. The molecule has 4 nitrogen and oxygen atoms in total. The van der Waals surface area contributed by atoms with E-state index in [0.717, 1.165) is 11.1 Å². The van der Waals surface area contributed by atoms with Crippen molar-refractivity contribution >= 4 is 11.5 Å². The Labute approximate surface area is 184 Å². The first-order chi connectivity index (χ1) is 15.2. The average molecular weight is 440 g/mol. The van der Waals surface area contributed by atoms with E-state index in [-0.39, 0.29) is 17.1 Å². The number of ether oxygens (including phenoxy) is 2. The standard InChI is InChI=1S/C25H23F3N2O2/c1-4-31-20-13-14-21-22(15-20)32-24(25(26,27)28,18-9-5-16(2)6-10-18)30-23(21)29-19-11-7-17(3)8-12-19/h5-15H,4H2,1-3H3,(H,29,30)/t24-/m1/s1. The summed E-state index contributed by atoms with van der Waals surface area (Å²) in [6, 6.07) is 18.2. The Balaban J connectivity index is 1.90. The largest absolute Gasteiger partial charge is 0.494 e. The summed E-state index contributed by atoms with van der Waals surface area (Å²) in [4.78, 5) is 4.14. The van der Waals surface area contributed by atoms with E-state index in [4.69, 9.17) is 9.47 Å². The molecular weight excluding hydrogens is 417 g/mol. The molecular formula is C25H23F3N2O2. The summed E-state index contributed by atoms with van der Waals surface area (Å²) >= 11 is 0. The number of hydrogen-bond acceptors (Lipinski definition) is 4. The van der Waals surface area contributed by atoms with Crippen LogP contribution in [0.4, 0.5) is 18.9 Å². The smallest absolute Gasteiger partial charge is 0.455 e. The van der Waals surface area contributed by atoms with E-state index in [1.807, 2.05) is 26.0 Å². The zero-order valence-electron chi connectivity index (χ0n) is 18.0. The monoisotopic (exact) mass is 440 g/mol. The number of aryl methyl sites for hydroxylation is 2. The highest BCUT2D eigenvalue weighted by atomic mass is 19.4. The number of nitrogens with zero attached hydrogens (tertiary/aromatic N) is 1. The van der Waals surface area contributed by atoms with Crippen molar-refractivity contribution in [1.82, 2.24) is 0 Å². The minimum absolute atomic E-state index is 0.0402. The summed E-state index contributed by atoms with van der Waals surface area (Å²) in [7, 11) is 0. The average Bonchev–Trinajstić information content (AvgIpc) is 2.75. The van der Waals surface area contributed by atoms with Crippen molar-refractivity contribution in [2.24, 2.45) is 4.99 Å². The van der Waals surface area contributed by atoms with Crippen LogP contribution in [0.15, 0.2) is 71.7 Å². The Hall–Kier alpha value is -3.48. The van der Waals surface area contributed by atoms with Crippen molar-refractivity contribution in [2.45, 2.75) is 32.7 Å². The first kappa shape index (κ1) is 21.7. The minimum atomic E-state index is -4.82. The zero-order valence-corrected chi connectivity index (χ0v) is 18.0. The molecule has 1 aliphatic rings. The van der Waals surface area contributed by atoms with Gasteiger partial charge in [0.2, 0.25) is 0 Å². The lowest BCUT2D eigenvalue weighted by Gasteiger charge is -2.37. The van der Waals surface area contributed by atoms with Crippen LogP contribution < -0.4 is 14.8 Å². The quantitative estimate of drug-likeness (QED) is 0.513. The van der Waals surface area contributed by atoms with Gasteiger partial charge in [-0.3, -0.25) is 0 Å². The molecule has 1 atom stereocenters. The molecule has 1 aliphatic heterocycles. The molecule has 3 aromatic rings. The number of rotatable bonds is 4. The van der Waals surface area contributed by atoms with E-state index >= 15 is 0 Å². The first-order valence-electron chi connectivity index (χ1n) is 10.3. The summed E-state index contributed by atoms with van der Waals surface area (Å²) in [5, 5.41) is 3.05. The fraction of sp³-hybridized carbons (Fsp3) is 0.240. The van der Waals surface area contributed by atoms with Gasteiger partial charge in [0.05, 0.1) is 12.2 Å². The van der Waals surface area contributed by atoms with Gasteiger partial charge in [-0.2, -0.15) is 13.2 Å². The highest BCUT2D eigenvalue weighted by Gasteiger charge is 2.61. The highest BCUT2D eigenvalue weighted by molar-refractivity contribution is 6.11. The minimum Gasteiger partial charge on any atom is -0.494 e. The number of alkyl halides is 3. The number of nitrogens with one attached hydrogen (secondary N) is 1. The summed E-state index contributed by atoms with van der Waals surface area (Å²) in [6.07, 6.45) is -4.82. The summed E-state index contributed by atoms with van der Waals surface area (Å²) < 4.78 is 54.9. The third-order valence-corrected chi connectivity index (χ3v) is 5.19. The molecule has 1 N–H and O–H groups in total. The first-order valence-corrected chi connectivity index (χ1v) is 10.3. The van der Waals surface area contributed by atoms with Crippen LogP contribution in [0.25, 0.3) is 0 Å². The van der Waals surface area contributed by atoms with Crippen LogP contribution in [0.3, 0.4) is 0 Å². The second-order valence-electron chi connectivity index (χ2n) is 7.65. The van der Waals surface area contributed by atoms with Crippen LogP contribution >= 0.6 is 0 Å². The number of anilines is 1. The molecule has 0 aromatic heterocycles. The number of halogens is 3. The Kier molecular flexibility index (Phi) is 5.59. The summed E-state index contributed by atoms with van der Waals surface area (Å²) in [5.74, 6) is 0.525. The molecule has 4 rings (SSSR count). The van der Waals surface area contributed by atoms with E-state index < -0.39 is 11.9 Å². The van der Waals surface area contributed by atoms with Crippen molar-refractivity contribution in [1.29, 1.82) is 0 Å². The molecule has 1 heterocycles. The molecule has 0 bridgehead atoms. The Morgan fingerprint density at radius 2 is 1.56 bits per heavy atom. The number of aliphatic imine (C=N–C) groups is 1. The van der Waals surface area contributed by atoms with Crippen LogP contribution in [0.1, 0.15) is 29.2 Å².